The summed E-state index contributed by atoms with van der Waals surface area (Å²) >= 11 is 0. The van der Waals surface area contributed by atoms with Crippen LogP contribution in [-0.4, -0.2) is 39.4 Å². The molecule has 3 rings (SSSR count). The molecule has 0 saturated carbocycles. The van der Waals surface area contributed by atoms with E-state index in [2.05, 4.69) is 17.2 Å². The second kappa shape index (κ2) is 6.81. The molecule has 122 valence electrons. The highest BCUT2D eigenvalue weighted by molar-refractivity contribution is 5.95. The highest BCUT2D eigenvalue weighted by Crippen LogP contribution is 2.20. The molecule has 1 saturated heterocycles. The Morgan fingerprint density at radius 3 is 2.91 bits per heavy atom. The Morgan fingerprint density at radius 1 is 1.30 bits per heavy atom. The van der Waals surface area contributed by atoms with E-state index in [1.165, 1.54) is 0 Å². The number of hydrogen-bond donors (Lipinski definition) is 1. The summed E-state index contributed by atoms with van der Waals surface area (Å²) in [6, 6.07) is 7.84. The maximum Gasteiger partial charge on any atom is 0.246 e. The Balaban J connectivity index is 1.76. The minimum atomic E-state index is -0.187. The molecule has 0 spiro atoms. The summed E-state index contributed by atoms with van der Waals surface area (Å²) in [6.45, 7) is 3.65. The number of likely N-dealkylation sites (tertiary alicyclic amines) is 1. The van der Waals surface area contributed by atoms with Crippen molar-refractivity contribution < 1.29 is 9.59 Å². The van der Waals surface area contributed by atoms with Crippen molar-refractivity contribution >= 4 is 28.8 Å². The van der Waals surface area contributed by atoms with Crippen LogP contribution in [0.3, 0.4) is 0 Å². The maximum atomic E-state index is 12.3. The molecule has 2 heterocycles. The van der Waals surface area contributed by atoms with Crippen LogP contribution < -0.4 is 5.32 Å². The fourth-order valence-corrected chi connectivity index (χ4v) is 2.99. The molecule has 0 unspecified atom stereocenters. The summed E-state index contributed by atoms with van der Waals surface area (Å²) in [5.74, 6) is 0.434. The first-order valence-corrected chi connectivity index (χ1v) is 8.22. The number of hydrogen-bond acceptors (Lipinski definition) is 3. The van der Waals surface area contributed by atoms with E-state index in [4.69, 9.17) is 0 Å². The van der Waals surface area contributed by atoms with Crippen molar-refractivity contribution in [1.29, 1.82) is 0 Å². The van der Waals surface area contributed by atoms with Crippen LogP contribution in [-0.2, 0) is 16.1 Å². The molecule has 2 amide bonds. The van der Waals surface area contributed by atoms with Gasteiger partial charge >= 0.3 is 0 Å². The predicted octanol–water partition coefficient (Wildman–Crippen LogP) is 2.40. The predicted molar refractivity (Wildman–Crippen MR) is 89.1 cm³/mol. The van der Waals surface area contributed by atoms with E-state index >= 15 is 0 Å². The normalized spacial score (nSPS) is 15.2. The van der Waals surface area contributed by atoms with Crippen molar-refractivity contribution in [3.05, 3.63) is 24.3 Å². The number of rotatable bonds is 5. The Labute approximate surface area is 135 Å². The van der Waals surface area contributed by atoms with Gasteiger partial charge in [0.05, 0.1) is 17.6 Å². The van der Waals surface area contributed by atoms with Gasteiger partial charge in [-0.25, -0.2) is 4.98 Å². The number of anilines is 1. The average Bonchev–Trinajstić information content (AvgIpc) is 2.88. The van der Waals surface area contributed by atoms with Crippen LogP contribution in [0.4, 0.5) is 5.95 Å². The van der Waals surface area contributed by atoms with Gasteiger partial charge in [0.2, 0.25) is 17.8 Å². The second-order valence-electron chi connectivity index (χ2n) is 5.90. The topological polar surface area (TPSA) is 67.2 Å². The number of nitrogens with one attached hydrogen (secondary N) is 1. The molecule has 1 aromatic heterocycles. The summed E-state index contributed by atoms with van der Waals surface area (Å²) in [4.78, 5) is 30.3. The monoisotopic (exact) mass is 314 g/mol. The molecule has 1 N–H and O–H groups in total. The van der Waals surface area contributed by atoms with Gasteiger partial charge in [0.1, 0.15) is 0 Å². The maximum absolute atomic E-state index is 12.3. The zero-order valence-corrected chi connectivity index (χ0v) is 13.4. The van der Waals surface area contributed by atoms with Crippen LogP contribution >= 0.6 is 0 Å². The van der Waals surface area contributed by atoms with Crippen molar-refractivity contribution in [3.8, 4) is 0 Å². The van der Waals surface area contributed by atoms with Crippen molar-refractivity contribution in [1.82, 2.24) is 14.5 Å². The quantitative estimate of drug-likeness (QED) is 0.921. The standard InChI is InChI=1S/C17H22N4O2/c1-2-10-21-14-8-4-3-7-13(14)18-17(21)19-15(22)12-20-11-6-5-9-16(20)23/h3-4,7-8H,2,5-6,9-12H2,1H3,(H,18,19,22). The zero-order valence-electron chi connectivity index (χ0n) is 13.4. The van der Waals surface area contributed by atoms with E-state index < -0.39 is 0 Å². The Kier molecular flexibility index (Phi) is 4.60. The van der Waals surface area contributed by atoms with E-state index in [1.54, 1.807) is 4.90 Å². The van der Waals surface area contributed by atoms with Crippen LogP contribution in [0.1, 0.15) is 32.6 Å². The lowest BCUT2D eigenvalue weighted by molar-refractivity contribution is -0.136. The molecule has 1 aromatic carbocycles. The van der Waals surface area contributed by atoms with Crippen LogP contribution in [0, 0.1) is 0 Å². The number of fused-ring (bicyclic) bond motifs is 1. The van der Waals surface area contributed by atoms with Gasteiger partial charge in [-0.3, -0.25) is 14.9 Å². The molecule has 0 atom stereocenters. The molecule has 1 aliphatic rings. The fourth-order valence-electron chi connectivity index (χ4n) is 2.99. The third-order valence-electron chi connectivity index (χ3n) is 4.11. The number of nitrogens with zero attached hydrogens (tertiary/aromatic N) is 3. The number of imidazole rings is 1. The lowest BCUT2D eigenvalue weighted by Gasteiger charge is -2.25. The molecule has 0 radical (unpaired) electrons. The minimum absolute atomic E-state index is 0.0634. The second-order valence-corrected chi connectivity index (χ2v) is 5.90. The van der Waals surface area contributed by atoms with Crippen molar-refractivity contribution in [2.24, 2.45) is 0 Å². The number of piperidine rings is 1. The summed E-state index contributed by atoms with van der Waals surface area (Å²) in [6.07, 6.45) is 3.38. The van der Waals surface area contributed by atoms with Gasteiger partial charge < -0.3 is 9.47 Å². The molecule has 0 bridgehead atoms. The largest absolute Gasteiger partial charge is 0.333 e. The van der Waals surface area contributed by atoms with Gasteiger partial charge in [0.15, 0.2) is 0 Å². The van der Waals surface area contributed by atoms with Crippen LogP contribution in [0.5, 0.6) is 0 Å². The van der Waals surface area contributed by atoms with Gasteiger partial charge in [-0.05, 0) is 31.4 Å². The lowest BCUT2D eigenvalue weighted by Crippen LogP contribution is -2.41. The molecule has 0 aliphatic carbocycles. The highest BCUT2D eigenvalue weighted by Gasteiger charge is 2.21. The number of para-hydroxylation sites is 2. The van der Waals surface area contributed by atoms with Crippen LogP contribution in [0.15, 0.2) is 24.3 Å². The van der Waals surface area contributed by atoms with E-state index in [0.717, 1.165) is 36.8 Å². The van der Waals surface area contributed by atoms with E-state index in [9.17, 15) is 9.59 Å². The van der Waals surface area contributed by atoms with Crippen LogP contribution in [0.25, 0.3) is 11.0 Å². The van der Waals surface area contributed by atoms with E-state index in [-0.39, 0.29) is 18.4 Å². The minimum Gasteiger partial charge on any atom is -0.333 e. The summed E-state index contributed by atoms with van der Waals surface area (Å²) in [7, 11) is 0. The van der Waals surface area contributed by atoms with Gasteiger partial charge in [0, 0.05) is 19.5 Å². The zero-order chi connectivity index (χ0) is 16.2. The summed E-state index contributed by atoms with van der Waals surface area (Å²) in [5.41, 5.74) is 1.88. The Hall–Kier alpha value is -2.37. The third kappa shape index (κ3) is 3.36. The van der Waals surface area contributed by atoms with E-state index in [1.807, 2.05) is 28.8 Å². The number of amides is 2. The van der Waals surface area contributed by atoms with Gasteiger partial charge in [-0.1, -0.05) is 19.1 Å². The first-order chi connectivity index (χ1) is 11.2. The molecule has 23 heavy (non-hydrogen) atoms. The molecule has 6 nitrogen and oxygen atoms in total. The number of aromatic nitrogens is 2. The number of carbonyl (C=O) groups excluding carboxylic acids is 2. The first-order valence-electron chi connectivity index (χ1n) is 8.22. The van der Waals surface area contributed by atoms with Crippen LogP contribution in [0.2, 0.25) is 0 Å². The van der Waals surface area contributed by atoms with Crippen molar-refractivity contribution in [2.45, 2.75) is 39.2 Å². The Morgan fingerprint density at radius 2 is 2.13 bits per heavy atom. The molecule has 1 aliphatic heterocycles. The smallest absolute Gasteiger partial charge is 0.246 e. The van der Waals surface area contributed by atoms with Crippen molar-refractivity contribution in [2.75, 3.05) is 18.4 Å². The third-order valence-corrected chi connectivity index (χ3v) is 4.11. The van der Waals surface area contributed by atoms with Gasteiger partial charge in [-0.15, -0.1) is 0 Å². The SMILES string of the molecule is CCCn1c(NC(=O)CN2CCCCC2=O)nc2ccccc21. The highest BCUT2D eigenvalue weighted by atomic mass is 16.2. The Bertz CT molecular complexity index is 722. The van der Waals surface area contributed by atoms with Gasteiger partial charge in [0.25, 0.3) is 0 Å². The first kappa shape index (κ1) is 15.5. The molecular formula is C17H22N4O2. The molecule has 2 aromatic rings. The van der Waals surface area contributed by atoms with Gasteiger partial charge in [-0.2, -0.15) is 0 Å². The van der Waals surface area contributed by atoms with E-state index in [0.29, 0.717) is 18.9 Å². The molecule has 1 fully saturated rings. The van der Waals surface area contributed by atoms with Crippen molar-refractivity contribution in [3.63, 3.8) is 0 Å². The molecule has 6 heteroatoms. The molecular weight excluding hydrogens is 292 g/mol. The lowest BCUT2D eigenvalue weighted by atomic mass is 10.1. The average molecular weight is 314 g/mol. The summed E-state index contributed by atoms with van der Waals surface area (Å²) < 4.78 is 2.02. The number of carbonyl (C=O) groups is 2. The fraction of sp³-hybridized carbons (Fsp3) is 0.471. The number of aryl methyl sites for hydroxylation is 1. The summed E-state index contributed by atoms with van der Waals surface area (Å²) in [5, 5.41) is 2.87. The number of benzene rings is 1.